The molecule has 0 aliphatic carbocycles. The van der Waals surface area contributed by atoms with Crippen molar-refractivity contribution in [2.45, 2.75) is 19.9 Å². The number of aryl methyl sites for hydroxylation is 1. The number of aliphatic hydroxyl groups is 1. The maximum absolute atomic E-state index is 13.2. The Kier molecular flexibility index (Phi) is 4.68. The third-order valence-electron chi connectivity index (χ3n) is 4.85. The monoisotopic (exact) mass is 369 g/mol. The highest BCUT2D eigenvalue weighted by atomic mass is 19.1. The molecule has 0 saturated carbocycles. The van der Waals surface area contributed by atoms with Crippen molar-refractivity contribution in [3.05, 3.63) is 63.8 Å². The molecule has 5 nitrogen and oxygen atoms in total. The van der Waals surface area contributed by atoms with Crippen LogP contribution in [0.1, 0.15) is 17.7 Å². The molecule has 1 aliphatic rings. The molecule has 140 valence electrons. The summed E-state index contributed by atoms with van der Waals surface area (Å²) in [5.41, 5.74) is 2.28. The predicted molar refractivity (Wildman–Crippen MR) is 100 cm³/mol. The van der Waals surface area contributed by atoms with Gasteiger partial charge in [-0.05, 0) is 43.2 Å². The van der Waals surface area contributed by atoms with Crippen LogP contribution in [0.3, 0.4) is 0 Å². The molecule has 1 aliphatic heterocycles. The van der Waals surface area contributed by atoms with Crippen LogP contribution in [-0.2, 0) is 6.54 Å². The highest BCUT2D eigenvalue weighted by Crippen LogP contribution is 2.33. The van der Waals surface area contributed by atoms with Gasteiger partial charge in [0.15, 0.2) is 0 Å². The van der Waals surface area contributed by atoms with Crippen molar-refractivity contribution in [3.63, 3.8) is 0 Å². The maximum Gasteiger partial charge on any atom is 0.200 e. The zero-order valence-corrected chi connectivity index (χ0v) is 15.0. The number of aliphatic hydroxyl groups excluding tert-OH is 1. The molecule has 6 heteroatoms. The van der Waals surface area contributed by atoms with E-state index < -0.39 is 0 Å². The highest BCUT2D eigenvalue weighted by Gasteiger charge is 2.23. The van der Waals surface area contributed by atoms with Gasteiger partial charge in [0, 0.05) is 19.7 Å². The lowest BCUT2D eigenvalue weighted by molar-refractivity contribution is 0.0886. The molecule has 0 saturated heterocycles. The summed E-state index contributed by atoms with van der Waals surface area (Å²) in [6.07, 6.45) is 0.654. The maximum atomic E-state index is 13.2. The minimum absolute atomic E-state index is 0.119. The van der Waals surface area contributed by atoms with Crippen LogP contribution in [0.5, 0.6) is 5.75 Å². The molecular weight excluding hydrogens is 349 g/mol. The largest absolute Gasteiger partial charge is 0.478 e. The first-order valence-corrected chi connectivity index (χ1v) is 8.89. The van der Waals surface area contributed by atoms with Gasteiger partial charge in [0.25, 0.3) is 0 Å². The zero-order valence-electron chi connectivity index (χ0n) is 15.0. The number of hydrogen-bond donors (Lipinski definition) is 1. The van der Waals surface area contributed by atoms with Crippen LogP contribution in [0.4, 0.5) is 4.39 Å². The molecule has 0 spiro atoms. The summed E-state index contributed by atoms with van der Waals surface area (Å²) in [6, 6.07) is 9.34. The number of hydrogen-bond acceptors (Lipinski definition) is 5. The van der Waals surface area contributed by atoms with Crippen LogP contribution in [-0.4, -0.2) is 29.9 Å². The first-order valence-electron chi connectivity index (χ1n) is 8.89. The van der Waals surface area contributed by atoms with Gasteiger partial charge in [-0.15, -0.1) is 0 Å². The summed E-state index contributed by atoms with van der Waals surface area (Å²) in [5.74, 6) is 0.843. The quantitative estimate of drug-likeness (QED) is 0.763. The lowest BCUT2D eigenvalue weighted by atomic mass is 10.0. The summed E-state index contributed by atoms with van der Waals surface area (Å²) in [4.78, 5) is 15.2. The Bertz CT molecular complexity index is 1040. The second kappa shape index (κ2) is 7.13. The zero-order chi connectivity index (χ0) is 19.0. The van der Waals surface area contributed by atoms with Gasteiger partial charge in [-0.1, -0.05) is 12.1 Å². The lowest BCUT2D eigenvalue weighted by Gasteiger charge is -2.29. The number of benzene rings is 2. The van der Waals surface area contributed by atoms with Crippen molar-refractivity contribution in [2.24, 2.45) is 0 Å². The molecule has 0 atom stereocenters. The van der Waals surface area contributed by atoms with Gasteiger partial charge in [-0.2, -0.15) is 0 Å². The van der Waals surface area contributed by atoms with E-state index in [1.807, 2.05) is 0 Å². The fraction of sp³-hybridized carbons (Fsp3) is 0.286. The second-order valence-electron chi connectivity index (χ2n) is 6.69. The molecule has 27 heavy (non-hydrogen) atoms. The minimum Gasteiger partial charge on any atom is -0.478 e. The highest BCUT2D eigenvalue weighted by molar-refractivity contribution is 5.86. The molecule has 4 rings (SSSR count). The van der Waals surface area contributed by atoms with Gasteiger partial charge >= 0.3 is 0 Å². The molecule has 0 bridgehead atoms. The van der Waals surface area contributed by atoms with Gasteiger partial charge in [-0.3, -0.25) is 9.69 Å². The van der Waals surface area contributed by atoms with E-state index in [0.29, 0.717) is 59.8 Å². The van der Waals surface area contributed by atoms with Crippen molar-refractivity contribution >= 4 is 11.0 Å². The first kappa shape index (κ1) is 17.7. The van der Waals surface area contributed by atoms with Crippen LogP contribution in [0.15, 0.2) is 45.6 Å². The van der Waals surface area contributed by atoms with Crippen LogP contribution >= 0.6 is 0 Å². The van der Waals surface area contributed by atoms with Crippen LogP contribution < -0.4 is 10.2 Å². The van der Waals surface area contributed by atoms with Crippen LogP contribution in [0, 0.1) is 12.7 Å². The van der Waals surface area contributed by atoms with E-state index >= 15 is 0 Å². The average Bonchev–Trinajstić information content (AvgIpc) is 2.67. The number of rotatable bonds is 4. The molecule has 0 unspecified atom stereocenters. The molecule has 0 amide bonds. The number of nitrogens with zero attached hydrogens (tertiary/aromatic N) is 1. The van der Waals surface area contributed by atoms with E-state index in [2.05, 4.69) is 4.90 Å². The number of halogens is 1. The van der Waals surface area contributed by atoms with Gasteiger partial charge in [0.1, 0.15) is 29.6 Å². The van der Waals surface area contributed by atoms with Crippen molar-refractivity contribution in [3.8, 4) is 16.9 Å². The van der Waals surface area contributed by atoms with E-state index in [-0.39, 0.29) is 17.9 Å². The normalized spacial score (nSPS) is 14.2. The third-order valence-corrected chi connectivity index (χ3v) is 4.85. The molecule has 0 fully saturated rings. The molecule has 2 aromatic carbocycles. The fourth-order valence-corrected chi connectivity index (χ4v) is 3.51. The molecule has 1 N–H and O–H groups in total. The Morgan fingerprint density at radius 2 is 1.96 bits per heavy atom. The van der Waals surface area contributed by atoms with Gasteiger partial charge in [-0.25, -0.2) is 4.39 Å². The summed E-state index contributed by atoms with van der Waals surface area (Å²) >= 11 is 0. The van der Waals surface area contributed by atoms with Crippen molar-refractivity contribution < 1.29 is 18.7 Å². The molecule has 3 aromatic rings. The SMILES string of the molecule is Cc1oc2c3c(ccc2c(=O)c1-c1ccc(F)cc1)OCN(CCCO)C3. The Labute approximate surface area is 155 Å². The minimum atomic E-state index is -0.351. The molecular formula is C21H20FNO4. The summed E-state index contributed by atoms with van der Waals surface area (Å²) in [7, 11) is 0. The predicted octanol–water partition coefficient (Wildman–Crippen LogP) is 3.44. The fourth-order valence-electron chi connectivity index (χ4n) is 3.51. The second-order valence-corrected chi connectivity index (χ2v) is 6.69. The lowest BCUT2D eigenvalue weighted by Crippen LogP contribution is -2.33. The standard InChI is InChI=1S/C21H20FNO4/c1-13-19(14-3-5-15(22)6-4-14)20(25)16-7-8-18-17(21(16)27-13)11-23(12-26-18)9-2-10-24/h3-8,24H,2,9-12H2,1H3. The van der Waals surface area contributed by atoms with Gasteiger partial charge in [0.05, 0.1) is 16.5 Å². The van der Waals surface area contributed by atoms with Crippen LogP contribution in [0.25, 0.3) is 22.1 Å². The average molecular weight is 369 g/mol. The van der Waals surface area contributed by atoms with E-state index in [9.17, 15) is 9.18 Å². The Balaban J connectivity index is 1.84. The van der Waals surface area contributed by atoms with E-state index in [0.717, 1.165) is 5.56 Å². The summed E-state index contributed by atoms with van der Waals surface area (Å²) in [6.45, 7) is 3.59. The molecule has 2 heterocycles. The molecule has 0 radical (unpaired) electrons. The summed E-state index contributed by atoms with van der Waals surface area (Å²) < 4.78 is 25.1. The van der Waals surface area contributed by atoms with E-state index in [1.54, 1.807) is 31.2 Å². The summed E-state index contributed by atoms with van der Waals surface area (Å²) in [5, 5.41) is 9.52. The van der Waals surface area contributed by atoms with Crippen molar-refractivity contribution in [2.75, 3.05) is 19.9 Å². The van der Waals surface area contributed by atoms with Gasteiger partial charge in [0.2, 0.25) is 5.43 Å². The van der Waals surface area contributed by atoms with Gasteiger partial charge < -0.3 is 14.3 Å². The Hall–Kier alpha value is -2.70. The molecule has 1 aromatic heterocycles. The van der Waals surface area contributed by atoms with E-state index in [1.165, 1.54) is 12.1 Å². The van der Waals surface area contributed by atoms with Crippen LogP contribution in [0.2, 0.25) is 0 Å². The number of fused-ring (bicyclic) bond motifs is 3. The van der Waals surface area contributed by atoms with Crippen molar-refractivity contribution in [1.29, 1.82) is 0 Å². The smallest absolute Gasteiger partial charge is 0.200 e. The topological polar surface area (TPSA) is 62.9 Å². The van der Waals surface area contributed by atoms with E-state index in [4.69, 9.17) is 14.3 Å². The van der Waals surface area contributed by atoms with Crippen molar-refractivity contribution in [1.82, 2.24) is 4.90 Å². The first-order chi connectivity index (χ1) is 13.1. The Morgan fingerprint density at radius 3 is 2.70 bits per heavy atom. The third kappa shape index (κ3) is 3.22. The number of ether oxygens (including phenoxy) is 1. The Morgan fingerprint density at radius 1 is 1.19 bits per heavy atom.